The molecule has 3 N–H and O–H groups in total. The third kappa shape index (κ3) is 7.58. The van der Waals surface area contributed by atoms with Crippen molar-refractivity contribution in [2.45, 2.75) is 97.4 Å². The molecule has 168 valence electrons. The van der Waals surface area contributed by atoms with Crippen LogP contribution in [-0.2, 0) is 17.4 Å². The van der Waals surface area contributed by atoms with E-state index in [0.717, 1.165) is 62.7 Å². The van der Waals surface area contributed by atoms with E-state index in [-0.39, 0.29) is 24.0 Å². The summed E-state index contributed by atoms with van der Waals surface area (Å²) in [6.07, 6.45) is 5.46. The van der Waals surface area contributed by atoms with Crippen molar-refractivity contribution in [3.8, 4) is 5.75 Å². The molecule has 0 atom stereocenters. The van der Waals surface area contributed by atoms with Gasteiger partial charge < -0.3 is 15.3 Å². The molecule has 0 radical (unpaired) electrons. The molecule has 0 aliphatic rings. The van der Waals surface area contributed by atoms with Crippen LogP contribution < -0.4 is 0 Å². The van der Waals surface area contributed by atoms with Gasteiger partial charge in [0.1, 0.15) is 5.75 Å². The smallest absolute Gasteiger partial charge is 0.123 e. The first-order valence-electron chi connectivity index (χ1n) is 11.4. The molecule has 0 fully saturated rings. The molecule has 0 saturated carbocycles. The second-order valence-electron chi connectivity index (χ2n) is 9.64. The standard InChI is InChI=1S/C25H45NO3/c1-7-24(3,4)21-17-20(23(29)22(18-21)25(5,6)8-2)19-26(13-9-11-15-27)14-10-12-16-28/h17-18,27-29H,7-16,19H2,1-6H3. The van der Waals surface area contributed by atoms with E-state index in [2.05, 4.69) is 58.6 Å². The van der Waals surface area contributed by atoms with Gasteiger partial charge in [0.25, 0.3) is 0 Å². The maximum atomic E-state index is 11.2. The van der Waals surface area contributed by atoms with E-state index in [9.17, 15) is 5.11 Å². The second kappa shape index (κ2) is 11.9. The Bertz CT molecular complexity index is 600. The van der Waals surface area contributed by atoms with Gasteiger partial charge in [-0.2, -0.15) is 0 Å². The molecule has 4 heteroatoms. The maximum absolute atomic E-state index is 11.2. The molecule has 0 amide bonds. The van der Waals surface area contributed by atoms with Crippen molar-refractivity contribution in [1.29, 1.82) is 0 Å². The van der Waals surface area contributed by atoms with Crippen molar-refractivity contribution in [1.82, 2.24) is 4.90 Å². The molecule has 0 aromatic heterocycles. The maximum Gasteiger partial charge on any atom is 0.123 e. The minimum atomic E-state index is -0.0860. The summed E-state index contributed by atoms with van der Waals surface area (Å²) in [4.78, 5) is 2.35. The number of aliphatic hydroxyl groups excluding tert-OH is 2. The number of aromatic hydroxyl groups is 1. The second-order valence-corrected chi connectivity index (χ2v) is 9.64. The summed E-state index contributed by atoms with van der Waals surface area (Å²) in [7, 11) is 0. The lowest BCUT2D eigenvalue weighted by Crippen LogP contribution is -2.27. The number of nitrogens with zero attached hydrogens (tertiary/aromatic N) is 1. The van der Waals surface area contributed by atoms with E-state index in [0.29, 0.717) is 12.3 Å². The minimum absolute atomic E-state index is 0.0552. The average molecular weight is 408 g/mol. The van der Waals surface area contributed by atoms with Gasteiger partial charge in [-0.25, -0.2) is 0 Å². The van der Waals surface area contributed by atoms with Crippen molar-refractivity contribution in [2.24, 2.45) is 0 Å². The normalized spacial score (nSPS) is 12.7. The topological polar surface area (TPSA) is 63.9 Å². The van der Waals surface area contributed by atoms with Gasteiger partial charge in [-0.3, -0.25) is 4.90 Å². The molecular formula is C25H45NO3. The lowest BCUT2D eigenvalue weighted by molar-refractivity contribution is 0.219. The van der Waals surface area contributed by atoms with Gasteiger partial charge in [-0.05, 0) is 68.0 Å². The van der Waals surface area contributed by atoms with Crippen molar-refractivity contribution < 1.29 is 15.3 Å². The number of aliphatic hydroxyl groups is 2. The van der Waals surface area contributed by atoms with E-state index < -0.39 is 0 Å². The van der Waals surface area contributed by atoms with E-state index in [1.165, 1.54) is 5.56 Å². The average Bonchev–Trinajstić information content (AvgIpc) is 2.69. The molecule has 0 aliphatic heterocycles. The molecular weight excluding hydrogens is 362 g/mol. The predicted octanol–water partition coefficient (Wildman–Crippen LogP) is 5.11. The van der Waals surface area contributed by atoms with Crippen molar-refractivity contribution in [3.63, 3.8) is 0 Å². The predicted molar refractivity (Wildman–Crippen MR) is 123 cm³/mol. The Hall–Kier alpha value is -1.10. The highest BCUT2D eigenvalue weighted by Gasteiger charge is 2.28. The summed E-state index contributed by atoms with van der Waals surface area (Å²) >= 11 is 0. The van der Waals surface area contributed by atoms with Crippen LogP contribution in [0.25, 0.3) is 0 Å². The van der Waals surface area contributed by atoms with Crippen LogP contribution in [0.4, 0.5) is 0 Å². The van der Waals surface area contributed by atoms with Crippen LogP contribution in [-0.4, -0.2) is 46.5 Å². The van der Waals surface area contributed by atoms with E-state index in [4.69, 9.17) is 10.2 Å². The Kier molecular flexibility index (Phi) is 10.7. The van der Waals surface area contributed by atoms with Crippen LogP contribution in [0.2, 0.25) is 0 Å². The summed E-state index contributed by atoms with van der Waals surface area (Å²) in [5, 5.41) is 29.5. The van der Waals surface area contributed by atoms with Gasteiger partial charge in [-0.1, -0.05) is 53.7 Å². The first-order chi connectivity index (χ1) is 13.6. The zero-order chi connectivity index (χ0) is 22.1. The SMILES string of the molecule is CCC(C)(C)c1cc(CN(CCCCO)CCCCO)c(O)c(C(C)(C)CC)c1. The van der Waals surface area contributed by atoms with E-state index in [1.807, 2.05) is 0 Å². The molecule has 0 unspecified atom stereocenters. The fraction of sp³-hybridized carbons (Fsp3) is 0.760. The quantitative estimate of drug-likeness (QED) is 0.375. The van der Waals surface area contributed by atoms with Gasteiger partial charge in [0.2, 0.25) is 0 Å². The molecule has 1 aromatic rings. The number of unbranched alkanes of at least 4 members (excludes halogenated alkanes) is 2. The molecule has 0 spiro atoms. The van der Waals surface area contributed by atoms with Crippen molar-refractivity contribution in [3.05, 3.63) is 28.8 Å². The first-order valence-corrected chi connectivity index (χ1v) is 11.4. The Morgan fingerprint density at radius 3 is 1.76 bits per heavy atom. The molecule has 0 aliphatic carbocycles. The molecule has 29 heavy (non-hydrogen) atoms. The molecule has 4 nitrogen and oxygen atoms in total. The summed E-state index contributed by atoms with van der Waals surface area (Å²) in [6, 6.07) is 4.41. The molecule has 0 heterocycles. The van der Waals surface area contributed by atoms with Crippen LogP contribution in [0.15, 0.2) is 12.1 Å². The number of phenolic OH excluding ortho intramolecular Hbond substituents is 1. The number of rotatable bonds is 14. The summed E-state index contributed by atoms with van der Waals surface area (Å²) < 4.78 is 0. The van der Waals surface area contributed by atoms with Gasteiger partial charge in [0, 0.05) is 30.9 Å². The molecule has 0 bridgehead atoms. The van der Waals surface area contributed by atoms with E-state index >= 15 is 0 Å². The largest absolute Gasteiger partial charge is 0.507 e. The Balaban J connectivity index is 3.30. The highest BCUT2D eigenvalue weighted by molar-refractivity contribution is 5.49. The Morgan fingerprint density at radius 2 is 1.31 bits per heavy atom. The zero-order valence-corrected chi connectivity index (χ0v) is 19.7. The van der Waals surface area contributed by atoms with Gasteiger partial charge >= 0.3 is 0 Å². The molecule has 1 rings (SSSR count). The zero-order valence-electron chi connectivity index (χ0n) is 19.7. The summed E-state index contributed by atoms with van der Waals surface area (Å²) in [5.74, 6) is 0.432. The number of benzene rings is 1. The van der Waals surface area contributed by atoms with Crippen LogP contribution in [0.5, 0.6) is 5.75 Å². The Labute approximate surface area is 179 Å². The Morgan fingerprint density at radius 1 is 0.793 bits per heavy atom. The van der Waals surface area contributed by atoms with Gasteiger partial charge in [0.05, 0.1) is 0 Å². The van der Waals surface area contributed by atoms with Crippen molar-refractivity contribution in [2.75, 3.05) is 26.3 Å². The third-order valence-electron chi connectivity index (χ3n) is 6.63. The lowest BCUT2D eigenvalue weighted by Gasteiger charge is -2.32. The fourth-order valence-corrected chi connectivity index (χ4v) is 3.52. The lowest BCUT2D eigenvalue weighted by atomic mass is 9.75. The third-order valence-corrected chi connectivity index (χ3v) is 6.63. The highest BCUT2D eigenvalue weighted by Crippen LogP contribution is 2.40. The summed E-state index contributed by atoms with van der Waals surface area (Å²) in [6.45, 7) is 16.2. The molecule has 1 aromatic carbocycles. The number of hydrogen-bond acceptors (Lipinski definition) is 4. The summed E-state index contributed by atoms with van der Waals surface area (Å²) in [5.41, 5.74) is 3.29. The van der Waals surface area contributed by atoms with Gasteiger partial charge in [0.15, 0.2) is 0 Å². The molecule has 0 saturated heterocycles. The van der Waals surface area contributed by atoms with Crippen LogP contribution in [0.3, 0.4) is 0 Å². The fourth-order valence-electron chi connectivity index (χ4n) is 3.52. The van der Waals surface area contributed by atoms with Gasteiger partial charge in [-0.15, -0.1) is 0 Å². The van der Waals surface area contributed by atoms with E-state index in [1.54, 1.807) is 0 Å². The van der Waals surface area contributed by atoms with Crippen LogP contribution in [0, 0.1) is 0 Å². The number of hydrogen-bond donors (Lipinski definition) is 3. The van der Waals surface area contributed by atoms with Crippen LogP contribution >= 0.6 is 0 Å². The first kappa shape index (κ1) is 25.9. The minimum Gasteiger partial charge on any atom is -0.507 e. The van der Waals surface area contributed by atoms with Crippen LogP contribution in [0.1, 0.15) is 96.8 Å². The highest BCUT2D eigenvalue weighted by atomic mass is 16.3. The monoisotopic (exact) mass is 407 g/mol. The van der Waals surface area contributed by atoms with Crippen molar-refractivity contribution >= 4 is 0 Å². The number of phenols is 1.